The van der Waals surface area contributed by atoms with E-state index >= 15 is 0 Å². The van der Waals surface area contributed by atoms with Crippen molar-refractivity contribution in [3.8, 4) is 0 Å². The monoisotopic (exact) mass is 306 g/mol. The lowest BCUT2D eigenvalue weighted by Crippen LogP contribution is -1.95. The lowest BCUT2D eigenvalue weighted by atomic mass is 10.00. The van der Waals surface area contributed by atoms with Gasteiger partial charge in [0.25, 0.3) is 0 Å². The summed E-state index contributed by atoms with van der Waals surface area (Å²) in [6.07, 6.45) is 2.84. The van der Waals surface area contributed by atoms with Crippen molar-refractivity contribution in [3.05, 3.63) is 46.4 Å². The van der Waals surface area contributed by atoms with Crippen molar-refractivity contribution in [1.82, 2.24) is 0 Å². The SMILES string of the molecule is O=C(O)CCCCc1ccc(Br)c2ccccc12. The van der Waals surface area contributed by atoms with E-state index in [9.17, 15) is 4.79 Å². The fourth-order valence-corrected chi connectivity index (χ4v) is 2.61. The van der Waals surface area contributed by atoms with Crippen LogP contribution in [-0.4, -0.2) is 11.1 Å². The summed E-state index contributed by atoms with van der Waals surface area (Å²) in [5.74, 6) is -0.712. The van der Waals surface area contributed by atoms with Gasteiger partial charge >= 0.3 is 5.97 Å². The van der Waals surface area contributed by atoms with Crippen LogP contribution in [0.4, 0.5) is 0 Å². The van der Waals surface area contributed by atoms with E-state index in [0.717, 1.165) is 23.7 Å². The molecule has 0 radical (unpaired) electrons. The standard InChI is InChI=1S/C15H15BrO2/c16-14-10-9-11(5-1-4-8-15(17)18)12-6-2-3-7-13(12)14/h2-3,6-7,9-10H,1,4-5,8H2,(H,17,18). The predicted octanol–water partition coefficient (Wildman–Crippen LogP) is 4.40. The Bertz CT molecular complexity index is 563. The van der Waals surface area contributed by atoms with Gasteiger partial charge in [0.2, 0.25) is 0 Å². The van der Waals surface area contributed by atoms with Gasteiger partial charge < -0.3 is 5.11 Å². The highest BCUT2D eigenvalue weighted by atomic mass is 79.9. The third kappa shape index (κ3) is 3.10. The molecule has 2 aromatic rings. The van der Waals surface area contributed by atoms with Crippen LogP contribution in [0, 0.1) is 0 Å². The van der Waals surface area contributed by atoms with Gasteiger partial charge in [-0.1, -0.05) is 46.3 Å². The minimum absolute atomic E-state index is 0.258. The molecule has 0 aliphatic heterocycles. The maximum atomic E-state index is 10.5. The highest BCUT2D eigenvalue weighted by molar-refractivity contribution is 9.10. The predicted molar refractivity (Wildman–Crippen MR) is 76.8 cm³/mol. The first-order valence-electron chi connectivity index (χ1n) is 6.06. The van der Waals surface area contributed by atoms with Crippen LogP contribution in [0.3, 0.4) is 0 Å². The minimum atomic E-state index is -0.712. The summed E-state index contributed by atoms with van der Waals surface area (Å²) in [5, 5.41) is 11.1. The number of aliphatic carboxylic acids is 1. The van der Waals surface area contributed by atoms with Crippen LogP contribution < -0.4 is 0 Å². The molecule has 2 nitrogen and oxygen atoms in total. The molecular weight excluding hydrogens is 292 g/mol. The van der Waals surface area contributed by atoms with Crippen LogP contribution in [-0.2, 0) is 11.2 Å². The van der Waals surface area contributed by atoms with Gasteiger partial charge in [0.15, 0.2) is 0 Å². The molecular formula is C15H15BrO2. The minimum Gasteiger partial charge on any atom is -0.481 e. The van der Waals surface area contributed by atoms with E-state index in [1.165, 1.54) is 16.3 Å². The van der Waals surface area contributed by atoms with Gasteiger partial charge in [-0.25, -0.2) is 0 Å². The first kappa shape index (κ1) is 13.1. The Balaban J connectivity index is 2.14. The molecule has 1 N–H and O–H groups in total. The van der Waals surface area contributed by atoms with Crippen LogP contribution >= 0.6 is 15.9 Å². The van der Waals surface area contributed by atoms with Crippen LogP contribution in [0.2, 0.25) is 0 Å². The second kappa shape index (κ2) is 6.01. The number of hydrogen-bond donors (Lipinski definition) is 1. The summed E-state index contributed by atoms with van der Waals surface area (Å²) < 4.78 is 1.10. The average molecular weight is 307 g/mol. The van der Waals surface area contributed by atoms with Crippen LogP contribution in [0.15, 0.2) is 40.9 Å². The summed E-state index contributed by atoms with van der Waals surface area (Å²) in [5.41, 5.74) is 1.29. The van der Waals surface area contributed by atoms with E-state index in [1.807, 2.05) is 12.1 Å². The third-order valence-electron chi connectivity index (χ3n) is 3.05. The Morgan fingerprint density at radius 2 is 1.78 bits per heavy atom. The second-order valence-corrected chi connectivity index (χ2v) is 5.21. The number of aryl methyl sites for hydroxylation is 1. The lowest BCUT2D eigenvalue weighted by molar-refractivity contribution is -0.137. The quantitative estimate of drug-likeness (QED) is 0.831. The molecule has 0 amide bonds. The zero-order chi connectivity index (χ0) is 13.0. The van der Waals surface area contributed by atoms with Crippen molar-refractivity contribution >= 4 is 32.7 Å². The Morgan fingerprint density at radius 3 is 2.50 bits per heavy atom. The summed E-state index contributed by atoms with van der Waals surface area (Å²) in [7, 11) is 0. The normalized spacial score (nSPS) is 10.7. The molecule has 3 heteroatoms. The number of carboxylic acid groups (broad SMARTS) is 1. The number of hydrogen-bond acceptors (Lipinski definition) is 1. The highest BCUT2D eigenvalue weighted by Crippen LogP contribution is 2.27. The van der Waals surface area contributed by atoms with Gasteiger partial charge in [-0.05, 0) is 41.7 Å². The molecule has 0 spiro atoms. The second-order valence-electron chi connectivity index (χ2n) is 4.35. The molecule has 0 fully saturated rings. The Morgan fingerprint density at radius 1 is 1.06 bits per heavy atom. The van der Waals surface area contributed by atoms with Crippen molar-refractivity contribution < 1.29 is 9.90 Å². The summed E-state index contributed by atoms with van der Waals surface area (Å²) in [4.78, 5) is 10.5. The fourth-order valence-electron chi connectivity index (χ4n) is 2.13. The lowest BCUT2D eigenvalue weighted by Gasteiger charge is -2.07. The van der Waals surface area contributed by atoms with E-state index in [-0.39, 0.29) is 6.42 Å². The molecule has 18 heavy (non-hydrogen) atoms. The van der Waals surface area contributed by atoms with E-state index in [2.05, 4.69) is 40.2 Å². The number of carboxylic acids is 1. The van der Waals surface area contributed by atoms with E-state index in [4.69, 9.17) is 5.11 Å². The maximum Gasteiger partial charge on any atom is 0.303 e. The van der Waals surface area contributed by atoms with Crippen molar-refractivity contribution in [1.29, 1.82) is 0 Å². The topological polar surface area (TPSA) is 37.3 Å². The number of benzene rings is 2. The number of rotatable bonds is 5. The smallest absolute Gasteiger partial charge is 0.303 e. The highest BCUT2D eigenvalue weighted by Gasteiger charge is 2.04. The third-order valence-corrected chi connectivity index (χ3v) is 3.74. The summed E-state index contributed by atoms with van der Waals surface area (Å²) in [6.45, 7) is 0. The number of halogens is 1. The van der Waals surface area contributed by atoms with Crippen molar-refractivity contribution in [2.24, 2.45) is 0 Å². The Labute approximate surface area is 115 Å². The largest absolute Gasteiger partial charge is 0.481 e. The van der Waals surface area contributed by atoms with Gasteiger partial charge in [0, 0.05) is 10.9 Å². The van der Waals surface area contributed by atoms with Crippen molar-refractivity contribution in [3.63, 3.8) is 0 Å². The molecule has 0 atom stereocenters. The first-order valence-corrected chi connectivity index (χ1v) is 6.85. The molecule has 0 heterocycles. The molecule has 2 rings (SSSR count). The number of fused-ring (bicyclic) bond motifs is 1. The van der Waals surface area contributed by atoms with Gasteiger partial charge in [0.1, 0.15) is 0 Å². The molecule has 0 aliphatic carbocycles. The molecule has 0 saturated heterocycles. The maximum absolute atomic E-state index is 10.5. The summed E-state index contributed by atoms with van der Waals surface area (Å²) >= 11 is 3.55. The van der Waals surface area contributed by atoms with Crippen molar-refractivity contribution in [2.45, 2.75) is 25.7 Å². The van der Waals surface area contributed by atoms with Gasteiger partial charge in [-0.3, -0.25) is 4.79 Å². The molecule has 0 unspecified atom stereocenters. The van der Waals surface area contributed by atoms with E-state index < -0.39 is 5.97 Å². The fraction of sp³-hybridized carbons (Fsp3) is 0.267. The molecule has 0 saturated carbocycles. The Hall–Kier alpha value is -1.35. The molecule has 94 valence electrons. The number of unbranched alkanes of at least 4 members (excludes halogenated alkanes) is 1. The van der Waals surface area contributed by atoms with Crippen LogP contribution in [0.5, 0.6) is 0 Å². The van der Waals surface area contributed by atoms with Crippen molar-refractivity contribution in [2.75, 3.05) is 0 Å². The van der Waals surface area contributed by atoms with Gasteiger partial charge in [-0.2, -0.15) is 0 Å². The average Bonchev–Trinajstić information content (AvgIpc) is 2.37. The molecule has 0 aliphatic rings. The summed E-state index contributed by atoms with van der Waals surface area (Å²) in [6, 6.07) is 12.5. The molecule has 0 bridgehead atoms. The van der Waals surface area contributed by atoms with E-state index in [1.54, 1.807) is 0 Å². The first-order chi connectivity index (χ1) is 8.68. The van der Waals surface area contributed by atoms with Crippen LogP contribution in [0.1, 0.15) is 24.8 Å². The molecule has 0 aromatic heterocycles. The van der Waals surface area contributed by atoms with Crippen LogP contribution in [0.25, 0.3) is 10.8 Å². The zero-order valence-electron chi connectivity index (χ0n) is 10.0. The molecule has 2 aromatic carbocycles. The Kier molecular flexibility index (Phi) is 4.37. The zero-order valence-corrected chi connectivity index (χ0v) is 11.6. The van der Waals surface area contributed by atoms with Gasteiger partial charge in [-0.15, -0.1) is 0 Å². The van der Waals surface area contributed by atoms with E-state index in [0.29, 0.717) is 0 Å². The number of carbonyl (C=O) groups is 1. The van der Waals surface area contributed by atoms with Gasteiger partial charge in [0.05, 0.1) is 0 Å².